The number of nitrogens with zero attached hydrogens (tertiary/aromatic N) is 1. The number of carbonyl (C=O) groups excluding carboxylic acids is 3. The number of nitrogens with one attached hydrogen (secondary N) is 1. The van der Waals surface area contributed by atoms with E-state index in [1.54, 1.807) is 30.3 Å². The summed E-state index contributed by atoms with van der Waals surface area (Å²) < 4.78 is 11.2. The van der Waals surface area contributed by atoms with E-state index in [9.17, 15) is 19.2 Å². The van der Waals surface area contributed by atoms with Crippen LogP contribution in [-0.2, 0) is 16.2 Å². The van der Waals surface area contributed by atoms with Crippen LogP contribution < -0.4 is 19.7 Å². The Labute approximate surface area is 223 Å². The molecule has 0 aromatic heterocycles. The number of anilines is 1. The predicted octanol–water partition coefficient (Wildman–Crippen LogP) is 4.91. The third-order valence-corrected chi connectivity index (χ3v) is 5.99. The topological polar surface area (TPSA) is 122 Å². The first-order valence-electron chi connectivity index (χ1n) is 11.4. The second-order valence-corrected chi connectivity index (χ2v) is 9.04. The smallest absolute Gasteiger partial charge is 0.335 e. The van der Waals surface area contributed by atoms with Crippen molar-refractivity contribution in [3.63, 3.8) is 0 Å². The summed E-state index contributed by atoms with van der Waals surface area (Å²) in [6.07, 6.45) is 1.32. The molecule has 4 amide bonds. The number of aryl methyl sites for hydroxylation is 2. The second-order valence-electron chi connectivity index (χ2n) is 8.63. The van der Waals surface area contributed by atoms with Crippen LogP contribution in [0.3, 0.4) is 0 Å². The summed E-state index contributed by atoms with van der Waals surface area (Å²) in [4.78, 5) is 50.3. The van der Waals surface area contributed by atoms with Crippen molar-refractivity contribution in [1.29, 1.82) is 0 Å². The molecule has 0 saturated carbocycles. The standard InChI is InChI=1S/C28H23ClN2O7/c1-15-8-16(2)10-20(9-15)31-26(33)21(25(32)30-28(31)36)11-18-12-22(29)24(23(13-18)37-3)38-14-17-4-6-19(7-5-17)27(34)35/h4-13H,14H2,1-3H3,(H,34,35)(H,30,32,36)/b21-11+. The van der Waals surface area contributed by atoms with E-state index in [-0.39, 0.29) is 34.3 Å². The first kappa shape index (κ1) is 26.4. The zero-order chi connectivity index (χ0) is 27.6. The summed E-state index contributed by atoms with van der Waals surface area (Å²) >= 11 is 6.46. The fraction of sp³-hybridized carbons (Fsp3) is 0.143. The molecule has 0 unspecified atom stereocenters. The molecule has 1 heterocycles. The number of carbonyl (C=O) groups is 4. The Morgan fingerprint density at radius 2 is 1.68 bits per heavy atom. The molecule has 0 bridgehead atoms. The molecule has 1 saturated heterocycles. The van der Waals surface area contributed by atoms with Crippen LogP contribution in [-0.4, -0.2) is 36.0 Å². The number of ether oxygens (including phenoxy) is 2. The van der Waals surface area contributed by atoms with Crippen molar-refractivity contribution < 1.29 is 33.8 Å². The molecule has 1 fully saturated rings. The zero-order valence-corrected chi connectivity index (χ0v) is 21.5. The van der Waals surface area contributed by atoms with Gasteiger partial charge in [-0.25, -0.2) is 14.5 Å². The number of halogens is 1. The van der Waals surface area contributed by atoms with Crippen molar-refractivity contribution in [3.05, 3.63) is 93.0 Å². The maximum Gasteiger partial charge on any atom is 0.335 e. The number of barbiturate groups is 1. The van der Waals surface area contributed by atoms with Crippen LogP contribution in [0.1, 0.15) is 32.6 Å². The normalized spacial score (nSPS) is 14.5. The van der Waals surface area contributed by atoms with Gasteiger partial charge in [-0.05, 0) is 78.6 Å². The summed E-state index contributed by atoms with van der Waals surface area (Å²) in [5.41, 5.74) is 3.04. The van der Waals surface area contributed by atoms with E-state index >= 15 is 0 Å². The van der Waals surface area contributed by atoms with Crippen molar-refractivity contribution >= 4 is 47.2 Å². The van der Waals surface area contributed by atoms with Crippen LogP contribution in [0.15, 0.2) is 60.2 Å². The second kappa shape index (κ2) is 10.8. The van der Waals surface area contributed by atoms with Crippen LogP contribution in [0, 0.1) is 13.8 Å². The Kier molecular flexibility index (Phi) is 7.50. The van der Waals surface area contributed by atoms with Crippen molar-refractivity contribution in [1.82, 2.24) is 5.32 Å². The molecule has 3 aromatic rings. The minimum Gasteiger partial charge on any atom is -0.493 e. The summed E-state index contributed by atoms with van der Waals surface area (Å²) in [5, 5.41) is 11.4. The van der Waals surface area contributed by atoms with Gasteiger partial charge in [-0.1, -0.05) is 29.8 Å². The van der Waals surface area contributed by atoms with E-state index in [1.165, 1.54) is 31.4 Å². The fourth-order valence-electron chi connectivity index (χ4n) is 4.00. The van der Waals surface area contributed by atoms with Crippen LogP contribution in [0.25, 0.3) is 6.08 Å². The minimum absolute atomic E-state index is 0.0876. The number of methoxy groups -OCH3 is 1. The number of hydrogen-bond donors (Lipinski definition) is 2. The number of aromatic carboxylic acids is 1. The number of benzene rings is 3. The number of hydrogen-bond acceptors (Lipinski definition) is 6. The highest BCUT2D eigenvalue weighted by molar-refractivity contribution is 6.39. The largest absolute Gasteiger partial charge is 0.493 e. The highest BCUT2D eigenvalue weighted by atomic mass is 35.5. The molecule has 3 aromatic carbocycles. The number of urea groups is 1. The lowest BCUT2D eigenvalue weighted by molar-refractivity contribution is -0.122. The van der Waals surface area contributed by atoms with Gasteiger partial charge >= 0.3 is 12.0 Å². The molecular formula is C28H23ClN2O7. The summed E-state index contributed by atoms with van der Waals surface area (Å²) in [6.45, 7) is 3.77. The monoisotopic (exact) mass is 534 g/mol. The molecule has 4 rings (SSSR count). The van der Waals surface area contributed by atoms with E-state index in [1.807, 2.05) is 19.9 Å². The molecule has 0 aliphatic carbocycles. The maximum atomic E-state index is 13.3. The molecule has 0 radical (unpaired) electrons. The average Bonchev–Trinajstić information content (AvgIpc) is 2.85. The van der Waals surface area contributed by atoms with Gasteiger partial charge in [0.2, 0.25) is 0 Å². The lowest BCUT2D eigenvalue weighted by Gasteiger charge is -2.27. The number of amides is 4. The van der Waals surface area contributed by atoms with Crippen LogP contribution in [0.4, 0.5) is 10.5 Å². The van der Waals surface area contributed by atoms with Gasteiger partial charge in [-0.2, -0.15) is 0 Å². The highest BCUT2D eigenvalue weighted by Gasteiger charge is 2.37. The van der Waals surface area contributed by atoms with Crippen LogP contribution in [0.2, 0.25) is 5.02 Å². The first-order valence-corrected chi connectivity index (χ1v) is 11.8. The number of carboxylic acid groups (broad SMARTS) is 1. The van der Waals surface area contributed by atoms with Gasteiger partial charge in [0.05, 0.1) is 23.4 Å². The Balaban J connectivity index is 1.62. The van der Waals surface area contributed by atoms with Crippen molar-refractivity contribution in [2.24, 2.45) is 0 Å². The lowest BCUT2D eigenvalue weighted by Crippen LogP contribution is -2.54. The summed E-state index contributed by atoms with van der Waals surface area (Å²) in [5.74, 6) is -2.16. The van der Waals surface area contributed by atoms with Gasteiger partial charge in [0, 0.05) is 0 Å². The molecule has 1 aliphatic rings. The molecule has 0 spiro atoms. The average molecular weight is 535 g/mol. The first-order chi connectivity index (χ1) is 18.1. The molecule has 10 heteroatoms. The molecule has 38 heavy (non-hydrogen) atoms. The van der Waals surface area contributed by atoms with Gasteiger partial charge in [0.15, 0.2) is 11.5 Å². The highest BCUT2D eigenvalue weighted by Crippen LogP contribution is 2.38. The van der Waals surface area contributed by atoms with Crippen LogP contribution in [0.5, 0.6) is 11.5 Å². The quantitative estimate of drug-likeness (QED) is 0.326. The molecule has 194 valence electrons. The van der Waals surface area contributed by atoms with E-state index in [0.29, 0.717) is 16.8 Å². The molecule has 2 N–H and O–H groups in total. The molecule has 9 nitrogen and oxygen atoms in total. The summed E-state index contributed by atoms with van der Waals surface area (Å²) in [7, 11) is 1.41. The maximum absolute atomic E-state index is 13.3. The SMILES string of the molecule is COc1cc(/C=C2\C(=O)NC(=O)N(c3cc(C)cc(C)c3)C2=O)cc(Cl)c1OCc1ccc(C(=O)O)cc1. The van der Waals surface area contributed by atoms with Crippen LogP contribution >= 0.6 is 11.6 Å². The van der Waals surface area contributed by atoms with Gasteiger partial charge in [0.25, 0.3) is 11.8 Å². The van der Waals surface area contributed by atoms with Gasteiger partial charge in [0.1, 0.15) is 12.2 Å². The Morgan fingerprint density at radius 3 is 2.29 bits per heavy atom. The number of imide groups is 2. The minimum atomic E-state index is -1.03. The summed E-state index contributed by atoms with van der Waals surface area (Å²) in [6, 6.07) is 13.6. The Bertz CT molecular complexity index is 1480. The van der Waals surface area contributed by atoms with E-state index in [0.717, 1.165) is 16.0 Å². The lowest BCUT2D eigenvalue weighted by atomic mass is 10.0. The van der Waals surface area contributed by atoms with Gasteiger partial charge < -0.3 is 14.6 Å². The third-order valence-electron chi connectivity index (χ3n) is 5.71. The number of carboxylic acids is 1. The van der Waals surface area contributed by atoms with Crippen molar-refractivity contribution in [2.75, 3.05) is 12.0 Å². The number of rotatable bonds is 7. The fourth-order valence-corrected chi connectivity index (χ4v) is 4.27. The van der Waals surface area contributed by atoms with Gasteiger partial charge in [-0.15, -0.1) is 0 Å². The van der Waals surface area contributed by atoms with E-state index in [2.05, 4.69) is 5.32 Å². The Hall–Kier alpha value is -4.63. The zero-order valence-electron chi connectivity index (χ0n) is 20.7. The Morgan fingerprint density at radius 1 is 1.03 bits per heavy atom. The van der Waals surface area contributed by atoms with Crippen molar-refractivity contribution in [2.45, 2.75) is 20.5 Å². The molecule has 1 aliphatic heterocycles. The molecular weight excluding hydrogens is 512 g/mol. The van der Waals surface area contributed by atoms with Gasteiger partial charge in [-0.3, -0.25) is 14.9 Å². The predicted molar refractivity (Wildman–Crippen MR) is 141 cm³/mol. The van der Waals surface area contributed by atoms with E-state index < -0.39 is 23.8 Å². The van der Waals surface area contributed by atoms with E-state index in [4.69, 9.17) is 26.2 Å². The van der Waals surface area contributed by atoms with Crippen molar-refractivity contribution in [3.8, 4) is 11.5 Å². The molecule has 0 atom stereocenters. The third kappa shape index (κ3) is 5.52.